The van der Waals surface area contributed by atoms with Crippen molar-refractivity contribution in [3.8, 4) is 0 Å². The molecule has 0 spiro atoms. The molecule has 18 heavy (non-hydrogen) atoms. The maximum absolute atomic E-state index is 6.20. The third-order valence-electron chi connectivity index (χ3n) is 4.67. The molecule has 0 radical (unpaired) electrons. The molecule has 1 saturated carbocycles. The number of hydrogen-bond donors (Lipinski definition) is 1. The first kappa shape index (κ1) is 12.0. The van der Waals surface area contributed by atoms with E-state index in [9.17, 15) is 0 Å². The zero-order valence-corrected chi connectivity index (χ0v) is 11.3. The van der Waals surface area contributed by atoms with Crippen LogP contribution in [0.3, 0.4) is 0 Å². The summed E-state index contributed by atoms with van der Waals surface area (Å²) in [5.74, 6) is 1.78. The molecular formula is C14H24N4. The molecule has 100 valence electrons. The number of aromatic nitrogens is 2. The van der Waals surface area contributed by atoms with Crippen molar-refractivity contribution in [2.24, 2.45) is 11.7 Å². The van der Waals surface area contributed by atoms with E-state index in [2.05, 4.69) is 27.6 Å². The Morgan fingerprint density at radius 1 is 1.28 bits per heavy atom. The molecule has 4 heteroatoms. The van der Waals surface area contributed by atoms with Crippen molar-refractivity contribution in [3.63, 3.8) is 0 Å². The molecule has 2 N–H and O–H groups in total. The summed E-state index contributed by atoms with van der Waals surface area (Å²) in [6, 6.07) is 0.950. The summed E-state index contributed by atoms with van der Waals surface area (Å²) in [7, 11) is 0. The van der Waals surface area contributed by atoms with Gasteiger partial charge in [-0.3, -0.25) is 0 Å². The lowest BCUT2D eigenvalue weighted by Gasteiger charge is -2.36. The van der Waals surface area contributed by atoms with Gasteiger partial charge >= 0.3 is 0 Å². The Labute approximate surface area is 109 Å². The first-order valence-corrected chi connectivity index (χ1v) is 7.29. The number of imidazole rings is 1. The van der Waals surface area contributed by atoms with Crippen LogP contribution < -0.4 is 10.6 Å². The van der Waals surface area contributed by atoms with E-state index >= 15 is 0 Å². The maximum atomic E-state index is 6.20. The quantitative estimate of drug-likeness (QED) is 0.872. The Balaban J connectivity index is 1.78. The second kappa shape index (κ2) is 4.92. The van der Waals surface area contributed by atoms with Crippen LogP contribution in [-0.4, -0.2) is 28.7 Å². The summed E-state index contributed by atoms with van der Waals surface area (Å²) in [6.07, 6.45) is 10.6. The molecule has 1 aromatic rings. The van der Waals surface area contributed by atoms with Gasteiger partial charge in [-0.05, 0) is 25.2 Å². The van der Waals surface area contributed by atoms with Crippen LogP contribution in [0, 0.1) is 5.92 Å². The van der Waals surface area contributed by atoms with Crippen LogP contribution in [0.5, 0.6) is 0 Å². The molecule has 0 bridgehead atoms. The molecule has 2 unspecified atom stereocenters. The lowest BCUT2D eigenvalue weighted by molar-refractivity contribution is 0.371. The Hall–Kier alpha value is -1.03. The van der Waals surface area contributed by atoms with E-state index in [1.165, 1.54) is 32.1 Å². The van der Waals surface area contributed by atoms with Crippen molar-refractivity contribution in [1.82, 2.24) is 9.55 Å². The second-order valence-corrected chi connectivity index (χ2v) is 5.95. The normalized spacial score (nSPS) is 30.0. The van der Waals surface area contributed by atoms with Crippen LogP contribution in [0.4, 0.5) is 5.95 Å². The SMILES string of the molecule is CC1CCN(c2nccn2C2CCCC2)CC1N. The molecule has 2 aliphatic rings. The minimum atomic E-state index is 0.285. The fourth-order valence-corrected chi connectivity index (χ4v) is 3.30. The van der Waals surface area contributed by atoms with Crippen LogP contribution in [0.25, 0.3) is 0 Å². The minimum absolute atomic E-state index is 0.285. The lowest BCUT2D eigenvalue weighted by atomic mass is 9.94. The summed E-state index contributed by atoms with van der Waals surface area (Å²) < 4.78 is 2.38. The van der Waals surface area contributed by atoms with E-state index in [-0.39, 0.29) is 6.04 Å². The molecule has 1 saturated heterocycles. The topological polar surface area (TPSA) is 47.1 Å². The van der Waals surface area contributed by atoms with Crippen LogP contribution in [-0.2, 0) is 0 Å². The fourth-order valence-electron chi connectivity index (χ4n) is 3.30. The van der Waals surface area contributed by atoms with Gasteiger partial charge < -0.3 is 15.2 Å². The van der Waals surface area contributed by atoms with Gasteiger partial charge in [0.2, 0.25) is 5.95 Å². The lowest BCUT2D eigenvalue weighted by Crippen LogP contribution is -2.48. The van der Waals surface area contributed by atoms with Gasteiger partial charge in [0.25, 0.3) is 0 Å². The zero-order valence-electron chi connectivity index (χ0n) is 11.3. The van der Waals surface area contributed by atoms with Gasteiger partial charge in [-0.15, -0.1) is 0 Å². The van der Waals surface area contributed by atoms with Gasteiger partial charge in [0.15, 0.2) is 0 Å². The molecule has 0 amide bonds. The first-order chi connectivity index (χ1) is 8.75. The van der Waals surface area contributed by atoms with E-state index in [1.54, 1.807) is 0 Å². The Morgan fingerprint density at radius 3 is 2.78 bits per heavy atom. The summed E-state index contributed by atoms with van der Waals surface area (Å²) in [5.41, 5.74) is 6.20. The van der Waals surface area contributed by atoms with Crippen molar-refractivity contribution in [1.29, 1.82) is 0 Å². The predicted molar refractivity (Wildman–Crippen MR) is 73.7 cm³/mol. The Bertz CT molecular complexity index is 394. The highest BCUT2D eigenvalue weighted by Gasteiger charge is 2.27. The third-order valence-corrected chi connectivity index (χ3v) is 4.67. The fraction of sp³-hybridized carbons (Fsp3) is 0.786. The summed E-state index contributed by atoms with van der Waals surface area (Å²) in [5, 5.41) is 0. The first-order valence-electron chi connectivity index (χ1n) is 7.29. The summed E-state index contributed by atoms with van der Waals surface area (Å²) >= 11 is 0. The molecule has 0 aromatic carbocycles. The second-order valence-electron chi connectivity index (χ2n) is 5.95. The number of rotatable bonds is 2. The van der Waals surface area contributed by atoms with E-state index in [4.69, 9.17) is 5.73 Å². The number of nitrogens with two attached hydrogens (primary N) is 1. The predicted octanol–water partition coefficient (Wildman–Crippen LogP) is 2.17. The molecule has 3 rings (SSSR count). The third kappa shape index (κ3) is 2.14. The highest BCUT2D eigenvalue weighted by molar-refractivity contribution is 5.33. The number of piperidine rings is 1. The highest BCUT2D eigenvalue weighted by Crippen LogP contribution is 2.33. The number of hydrogen-bond acceptors (Lipinski definition) is 3. The largest absolute Gasteiger partial charge is 0.341 e. The van der Waals surface area contributed by atoms with Gasteiger partial charge in [-0.1, -0.05) is 19.8 Å². The molecule has 1 aliphatic heterocycles. The zero-order chi connectivity index (χ0) is 12.5. The Morgan fingerprint density at radius 2 is 2.06 bits per heavy atom. The smallest absolute Gasteiger partial charge is 0.205 e. The molecular weight excluding hydrogens is 224 g/mol. The van der Waals surface area contributed by atoms with E-state index in [1.807, 2.05) is 6.20 Å². The van der Waals surface area contributed by atoms with Crippen molar-refractivity contribution in [2.75, 3.05) is 18.0 Å². The van der Waals surface area contributed by atoms with Crippen LogP contribution in [0.15, 0.2) is 12.4 Å². The van der Waals surface area contributed by atoms with E-state index < -0.39 is 0 Å². The average Bonchev–Trinajstić information content (AvgIpc) is 3.00. The van der Waals surface area contributed by atoms with Gasteiger partial charge in [0.05, 0.1) is 0 Å². The van der Waals surface area contributed by atoms with Gasteiger partial charge in [-0.25, -0.2) is 4.98 Å². The molecule has 1 aromatic heterocycles. The highest BCUT2D eigenvalue weighted by atomic mass is 15.3. The summed E-state index contributed by atoms with van der Waals surface area (Å²) in [4.78, 5) is 6.96. The molecule has 4 nitrogen and oxygen atoms in total. The van der Waals surface area contributed by atoms with Gasteiger partial charge in [0.1, 0.15) is 0 Å². The van der Waals surface area contributed by atoms with Crippen LogP contribution in [0.1, 0.15) is 45.1 Å². The maximum Gasteiger partial charge on any atom is 0.205 e. The van der Waals surface area contributed by atoms with Crippen molar-refractivity contribution in [2.45, 2.75) is 51.1 Å². The molecule has 2 fully saturated rings. The number of anilines is 1. The Kier molecular flexibility index (Phi) is 3.29. The number of nitrogens with zero attached hydrogens (tertiary/aromatic N) is 3. The van der Waals surface area contributed by atoms with Gasteiger partial charge in [0, 0.05) is 37.6 Å². The van der Waals surface area contributed by atoms with E-state index in [0.717, 1.165) is 19.0 Å². The molecule has 2 atom stereocenters. The average molecular weight is 248 g/mol. The van der Waals surface area contributed by atoms with E-state index in [0.29, 0.717) is 12.0 Å². The molecule has 1 aliphatic carbocycles. The monoisotopic (exact) mass is 248 g/mol. The van der Waals surface area contributed by atoms with Crippen molar-refractivity contribution >= 4 is 5.95 Å². The van der Waals surface area contributed by atoms with Crippen molar-refractivity contribution < 1.29 is 0 Å². The van der Waals surface area contributed by atoms with Crippen LogP contribution >= 0.6 is 0 Å². The molecule has 2 heterocycles. The standard InChI is InChI=1S/C14H24N4/c1-11-6-8-17(10-13(11)15)14-16-7-9-18(14)12-4-2-3-5-12/h7,9,11-13H,2-6,8,10,15H2,1H3. The minimum Gasteiger partial charge on any atom is -0.341 e. The summed E-state index contributed by atoms with van der Waals surface area (Å²) in [6.45, 7) is 4.30. The van der Waals surface area contributed by atoms with Gasteiger partial charge in [-0.2, -0.15) is 0 Å². The van der Waals surface area contributed by atoms with Crippen LogP contribution in [0.2, 0.25) is 0 Å². The van der Waals surface area contributed by atoms with Crippen molar-refractivity contribution in [3.05, 3.63) is 12.4 Å².